The second kappa shape index (κ2) is 5.67. The van der Waals surface area contributed by atoms with Gasteiger partial charge in [0.2, 0.25) is 5.91 Å². The normalized spacial score (nSPS) is 28.7. The van der Waals surface area contributed by atoms with Gasteiger partial charge in [0, 0.05) is 17.9 Å². The van der Waals surface area contributed by atoms with E-state index in [2.05, 4.69) is 16.3 Å². The summed E-state index contributed by atoms with van der Waals surface area (Å²) < 4.78 is 0. The average Bonchev–Trinajstić information content (AvgIpc) is 2.46. The highest BCUT2D eigenvalue weighted by molar-refractivity contribution is 5.99. The molecule has 0 radical (unpaired) electrons. The van der Waals surface area contributed by atoms with Gasteiger partial charge in [0.15, 0.2) is 0 Å². The predicted molar refractivity (Wildman–Crippen MR) is 81.3 cm³/mol. The number of nitrogens with one attached hydrogen (secondary N) is 1. The van der Waals surface area contributed by atoms with Gasteiger partial charge in [-0.3, -0.25) is 4.79 Å². The molecule has 0 aromatic heterocycles. The Bertz CT molecular complexity index is 518. The number of rotatable bonds is 3. The first-order valence-corrected chi connectivity index (χ1v) is 7.28. The number of carbonyl (C=O) groups is 1. The van der Waals surface area contributed by atoms with E-state index in [1.807, 2.05) is 12.1 Å². The van der Waals surface area contributed by atoms with E-state index < -0.39 is 0 Å². The molecule has 3 heterocycles. The fourth-order valence-corrected chi connectivity index (χ4v) is 3.24. The van der Waals surface area contributed by atoms with Crippen LogP contribution < -0.4 is 11.1 Å². The van der Waals surface area contributed by atoms with Crippen LogP contribution >= 0.6 is 0 Å². The van der Waals surface area contributed by atoms with Crippen molar-refractivity contribution < 1.29 is 4.79 Å². The number of piperidine rings is 3. The average molecular weight is 271 g/mol. The molecule has 1 amide bonds. The number of benzene rings is 1. The number of anilines is 2. The monoisotopic (exact) mass is 271 g/mol. The van der Waals surface area contributed by atoms with Crippen molar-refractivity contribution in [3.8, 4) is 0 Å². The van der Waals surface area contributed by atoms with Gasteiger partial charge in [-0.1, -0.05) is 12.1 Å². The summed E-state index contributed by atoms with van der Waals surface area (Å²) in [4.78, 5) is 14.4. The first kappa shape index (κ1) is 13.2. The molecule has 3 N–H and O–H groups in total. The second-order valence-electron chi connectivity index (χ2n) is 5.78. The second-order valence-corrected chi connectivity index (χ2v) is 5.78. The summed E-state index contributed by atoms with van der Waals surface area (Å²) in [5.41, 5.74) is 7.09. The number of amides is 1. The zero-order valence-corrected chi connectivity index (χ0v) is 11.6. The van der Waals surface area contributed by atoms with Crippen LogP contribution in [0, 0.1) is 11.8 Å². The van der Waals surface area contributed by atoms with Gasteiger partial charge >= 0.3 is 0 Å². The van der Waals surface area contributed by atoms with E-state index in [1.165, 1.54) is 25.9 Å². The molecule has 20 heavy (non-hydrogen) atoms. The fourth-order valence-electron chi connectivity index (χ4n) is 3.24. The van der Waals surface area contributed by atoms with Crippen LogP contribution in [0.5, 0.6) is 0 Å². The number of nitrogens with zero attached hydrogens (tertiary/aromatic N) is 1. The minimum absolute atomic E-state index is 0.0768. The summed E-state index contributed by atoms with van der Waals surface area (Å²) in [5.74, 6) is 1.22. The predicted octanol–water partition coefficient (Wildman–Crippen LogP) is 2.11. The zero-order chi connectivity index (χ0) is 13.9. The summed E-state index contributed by atoms with van der Waals surface area (Å²) >= 11 is 0. The first-order chi connectivity index (χ1) is 9.70. The van der Waals surface area contributed by atoms with Crippen molar-refractivity contribution in [2.24, 2.45) is 11.8 Å². The Balaban J connectivity index is 1.57. The van der Waals surface area contributed by atoms with Crippen LogP contribution in [0.3, 0.4) is 0 Å². The van der Waals surface area contributed by atoms with Crippen molar-refractivity contribution >= 4 is 17.3 Å². The van der Waals surface area contributed by atoms with Gasteiger partial charge in [-0.15, -0.1) is 0 Å². The van der Waals surface area contributed by atoms with Crippen molar-refractivity contribution in [3.05, 3.63) is 36.4 Å². The zero-order valence-electron chi connectivity index (χ0n) is 11.6. The molecular formula is C16H21N3O. The summed E-state index contributed by atoms with van der Waals surface area (Å²) in [5, 5.41) is 2.85. The summed E-state index contributed by atoms with van der Waals surface area (Å²) in [7, 11) is 0. The Morgan fingerprint density at radius 2 is 2.15 bits per heavy atom. The molecule has 1 atom stereocenters. The van der Waals surface area contributed by atoms with Crippen LogP contribution in [-0.2, 0) is 4.79 Å². The molecule has 2 bridgehead atoms. The quantitative estimate of drug-likeness (QED) is 0.654. The van der Waals surface area contributed by atoms with Crippen LogP contribution in [0.4, 0.5) is 11.4 Å². The SMILES string of the molecule is Nc1cccc(NC(=O)/C=C/C2CN3CCC2CC3)c1. The molecule has 0 spiro atoms. The van der Waals surface area contributed by atoms with E-state index in [0.717, 1.165) is 18.2 Å². The molecule has 1 aromatic rings. The molecule has 1 aromatic carbocycles. The Kier molecular flexibility index (Phi) is 3.74. The maximum atomic E-state index is 11.9. The molecule has 4 heteroatoms. The van der Waals surface area contributed by atoms with Crippen LogP contribution in [0.2, 0.25) is 0 Å². The van der Waals surface area contributed by atoms with E-state index in [0.29, 0.717) is 11.6 Å². The van der Waals surface area contributed by atoms with E-state index in [1.54, 1.807) is 18.2 Å². The standard InChI is InChI=1S/C16H21N3O/c17-14-2-1-3-15(10-14)18-16(20)5-4-13-11-19-8-6-12(13)7-9-19/h1-5,10,12-13H,6-9,11,17H2,(H,18,20)/b5-4+. The Morgan fingerprint density at radius 1 is 1.35 bits per heavy atom. The topological polar surface area (TPSA) is 58.4 Å². The van der Waals surface area contributed by atoms with Crippen molar-refractivity contribution in [1.29, 1.82) is 0 Å². The minimum atomic E-state index is -0.0768. The lowest BCUT2D eigenvalue weighted by Gasteiger charge is -2.43. The van der Waals surface area contributed by atoms with E-state index >= 15 is 0 Å². The van der Waals surface area contributed by atoms with Crippen LogP contribution in [0.1, 0.15) is 12.8 Å². The lowest BCUT2D eigenvalue weighted by atomic mass is 9.79. The third kappa shape index (κ3) is 3.02. The summed E-state index contributed by atoms with van der Waals surface area (Å²) in [6.07, 6.45) is 6.30. The molecule has 3 fully saturated rings. The lowest BCUT2D eigenvalue weighted by molar-refractivity contribution is -0.112. The summed E-state index contributed by atoms with van der Waals surface area (Å²) in [6, 6.07) is 7.25. The van der Waals surface area contributed by atoms with E-state index in [-0.39, 0.29) is 5.91 Å². The van der Waals surface area contributed by atoms with Crippen molar-refractivity contribution in [2.45, 2.75) is 12.8 Å². The number of nitrogen functional groups attached to an aromatic ring is 1. The van der Waals surface area contributed by atoms with Gasteiger partial charge in [0.25, 0.3) is 0 Å². The highest BCUT2D eigenvalue weighted by Gasteiger charge is 2.32. The van der Waals surface area contributed by atoms with Gasteiger partial charge in [0.05, 0.1) is 0 Å². The van der Waals surface area contributed by atoms with Gasteiger partial charge in [-0.25, -0.2) is 0 Å². The Hall–Kier alpha value is -1.81. The molecule has 4 rings (SSSR count). The molecule has 3 aliphatic rings. The third-order valence-electron chi connectivity index (χ3n) is 4.36. The van der Waals surface area contributed by atoms with Crippen molar-refractivity contribution in [3.63, 3.8) is 0 Å². The minimum Gasteiger partial charge on any atom is -0.399 e. The number of fused-ring (bicyclic) bond motifs is 3. The van der Waals surface area contributed by atoms with Gasteiger partial charge in [-0.05, 0) is 62.0 Å². The maximum Gasteiger partial charge on any atom is 0.248 e. The van der Waals surface area contributed by atoms with Crippen molar-refractivity contribution in [1.82, 2.24) is 4.90 Å². The fraction of sp³-hybridized carbons (Fsp3) is 0.438. The Morgan fingerprint density at radius 3 is 2.80 bits per heavy atom. The molecule has 1 unspecified atom stereocenters. The number of hydrogen-bond acceptors (Lipinski definition) is 3. The molecular weight excluding hydrogens is 250 g/mol. The smallest absolute Gasteiger partial charge is 0.248 e. The van der Waals surface area contributed by atoms with E-state index in [9.17, 15) is 4.79 Å². The molecule has 3 aliphatic heterocycles. The molecule has 0 saturated carbocycles. The largest absolute Gasteiger partial charge is 0.399 e. The van der Waals surface area contributed by atoms with Gasteiger partial charge in [-0.2, -0.15) is 0 Å². The van der Waals surface area contributed by atoms with Crippen LogP contribution in [0.15, 0.2) is 36.4 Å². The van der Waals surface area contributed by atoms with Crippen LogP contribution in [-0.4, -0.2) is 30.4 Å². The van der Waals surface area contributed by atoms with Gasteiger partial charge < -0.3 is 16.0 Å². The first-order valence-electron chi connectivity index (χ1n) is 7.28. The Labute approximate surface area is 119 Å². The summed E-state index contributed by atoms with van der Waals surface area (Å²) in [6.45, 7) is 3.56. The molecule has 106 valence electrons. The third-order valence-corrected chi connectivity index (χ3v) is 4.36. The number of hydrogen-bond donors (Lipinski definition) is 2. The molecule has 4 nitrogen and oxygen atoms in total. The molecule has 3 saturated heterocycles. The lowest BCUT2D eigenvalue weighted by Crippen LogP contribution is -2.46. The van der Waals surface area contributed by atoms with E-state index in [4.69, 9.17) is 5.73 Å². The highest BCUT2D eigenvalue weighted by atomic mass is 16.1. The van der Waals surface area contributed by atoms with Gasteiger partial charge in [0.1, 0.15) is 0 Å². The highest BCUT2D eigenvalue weighted by Crippen LogP contribution is 2.32. The number of carbonyl (C=O) groups excluding carboxylic acids is 1. The maximum absolute atomic E-state index is 11.9. The van der Waals surface area contributed by atoms with Crippen LogP contribution in [0.25, 0.3) is 0 Å². The number of nitrogens with two attached hydrogens (primary N) is 1. The van der Waals surface area contributed by atoms with Crippen molar-refractivity contribution in [2.75, 3.05) is 30.7 Å². The molecule has 0 aliphatic carbocycles.